The second kappa shape index (κ2) is 5.00. The Morgan fingerprint density at radius 3 is 2.67 bits per heavy atom. The zero-order valence-electron chi connectivity index (χ0n) is 9.52. The zero-order valence-corrected chi connectivity index (χ0v) is 9.52. The SMILES string of the molecule is Cc1ccc(-c2ccc(C=O)o2)c(OC(F)F)c1. The summed E-state index contributed by atoms with van der Waals surface area (Å²) in [7, 11) is 0. The average Bonchev–Trinajstić information content (AvgIpc) is 2.77. The molecular weight excluding hydrogens is 242 g/mol. The Bertz CT molecular complexity index is 561. The number of rotatable bonds is 4. The van der Waals surface area contributed by atoms with Crippen molar-refractivity contribution in [2.45, 2.75) is 13.5 Å². The summed E-state index contributed by atoms with van der Waals surface area (Å²) in [5.41, 5.74) is 1.17. The lowest BCUT2D eigenvalue weighted by molar-refractivity contribution is -0.0495. The maximum atomic E-state index is 12.3. The van der Waals surface area contributed by atoms with Crippen molar-refractivity contribution in [2.75, 3.05) is 0 Å². The van der Waals surface area contributed by atoms with E-state index in [1.165, 1.54) is 18.2 Å². The van der Waals surface area contributed by atoms with E-state index >= 15 is 0 Å². The van der Waals surface area contributed by atoms with Crippen LogP contribution in [0.1, 0.15) is 16.1 Å². The molecule has 0 saturated carbocycles. The third-order valence-electron chi connectivity index (χ3n) is 2.36. The topological polar surface area (TPSA) is 39.4 Å². The lowest BCUT2D eigenvalue weighted by Crippen LogP contribution is -2.03. The van der Waals surface area contributed by atoms with E-state index in [9.17, 15) is 13.6 Å². The molecule has 0 radical (unpaired) electrons. The van der Waals surface area contributed by atoms with E-state index in [0.29, 0.717) is 17.6 Å². The van der Waals surface area contributed by atoms with E-state index in [0.717, 1.165) is 5.56 Å². The first kappa shape index (κ1) is 12.3. The quantitative estimate of drug-likeness (QED) is 0.779. The van der Waals surface area contributed by atoms with Crippen molar-refractivity contribution in [1.29, 1.82) is 0 Å². The van der Waals surface area contributed by atoms with Crippen LogP contribution in [0.4, 0.5) is 8.78 Å². The highest BCUT2D eigenvalue weighted by Gasteiger charge is 2.14. The lowest BCUT2D eigenvalue weighted by atomic mass is 10.1. The molecule has 0 aliphatic carbocycles. The number of carbonyl (C=O) groups excluding carboxylic acids is 1. The molecule has 0 amide bonds. The van der Waals surface area contributed by atoms with Gasteiger partial charge >= 0.3 is 6.61 Å². The Morgan fingerprint density at radius 1 is 1.28 bits per heavy atom. The van der Waals surface area contributed by atoms with Gasteiger partial charge < -0.3 is 9.15 Å². The molecule has 0 N–H and O–H groups in total. The predicted molar refractivity (Wildman–Crippen MR) is 60.9 cm³/mol. The Hall–Kier alpha value is -2.17. The van der Waals surface area contributed by atoms with Gasteiger partial charge in [-0.2, -0.15) is 8.78 Å². The third-order valence-corrected chi connectivity index (χ3v) is 2.36. The van der Waals surface area contributed by atoms with Crippen LogP contribution in [0.25, 0.3) is 11.3 Å². The predicted octanol–water partition coefficient (Wildman–Crippen LogP) is 3.67. The standard InChI is InChI=1S/C13H10F2O3/c1-8-2-4-10(12(6-8)18-13(14)15)11-5-3-9(7-16)17-11/h2-7,13H,1H3. The summed E-state index contributed by atoms with van der Waals surface area (Å²) >= 11 is 0. The van der Waals surface area contributed by atoms with Crippen LogP contribution in [0.3, 0.4) is 0 Å². The van der Waals surface area contributed by atoms with Gasteiger partial charge in [-0.15, -0.1) is 0 Å². The molecule has 2 aromatic rings. The van der Waals surface area contributed by atoms with Gasteiger partial charge in [-0.05, 0) is 36.8 Å². The third kappa shape index (κ3) is 2.56. The summed E-state index contributed by atoms with van der Waals surface area (Å²) in [4.78, 5) is 10.5. The summed E-state index contributed by atoms with van der Waals surface area (Å²) < 4.78 is 34.3. The number of hydrogen-bond donors (Lipinski definition) is 0. The van der Waals surface area contributed by atoms with Crippen molar-refractivity contribution in [2.24, 2.45) is 0 Å². The van der Waals surface area contributed by atoms with E-state index < -0.39 is 6.61 Å². The second-order valence-corrected chi connectivity index (χ2v) is 3.70. The molecule has 1 aromatic heterocycles. The van der Waals surface area contributed by atoms with Crippen molar-refractivity contribution in [1.82, 2.24) is 0 Å². The van der Waals surface area contributed by atoms with Crippen LogP contribution < -0.4 is 4.74 Å². The second-order valence-electron chi connectivity index (χ2n) is 3.70. The van der Waals surface area contributed by atoms with Crippen LogP contribution in [0.15, 0.2) is 34.7 Å². The van der Waals surface area contributed by atoms with Gasteiger partial charge in [-0.1, -0.05) is 6.07 Å². The highest BCUT2D eigenvalue weighted by Crippen LogP contribution is 2.33. The van der Waals surface area contributed by atoms with Gasteiger partial charge in [-0.3, -0.25) is 4.79 Å². The van der Waals surface area contributed by atoms with Crippen molar-refractivity contribution in [3.05, 3.63) is 41.7 Å². The lowest BCUT2D eigenvalue weighted by Gasteiger charge is -2.09. The Kier molecular flexibility index (Phi) is 3.41. The summed E-state index contributed by atoms with van der Waals surface area (Å²) in [5.74, 6) is 0.470. The minimum Gasteiger partial charge on any atom is -0.453 e. The molecule has 18 heavy (non-hydrogen) atoms. The molecule has 0 spiro atoms. The number of aldehydes is 1. The molecule has 3 nitrogen and oxygen atoms in total. The molecule has 0 bridgehead atoms. The normalized spacial score (nSPS) is 10.7. The number of aryl methyl sites for hydroxylation is 1. The fourth-order valence-electron chi connectivity index (χ4n) is 1.59. The Balaban J connectivity index is 2.45. The molecular formula is C13H10F2O3. The van der Waals surface area contributed by atoms with Crippen LogP contribution in [0.2, 0.25) is 0 Å². The maximum absolute atomic E-state index is 12.3. The molecule has 1 aromatic carbocycles. The van der Waals surface area contributed by atoms with E-state index in [1.54, 1.807) is 19.1 Å². The number of carbonyl (C=O) groups is 1. The van der Waals surface area contributed by atoms with Gasteiger partial charge in [0.2, 0.25) is 0 Å². The number of alkyl halides is 2. The van der Waals surface area contributed by atoms with Crippen molar-refractivity contribution >= 4 is 6.29 Å². The first-order valence-corrected chi connectivity index (χ1v) is 5.21. The van der Waals surface area contributed by atoms with Crippen LogP contribution >= 0.6 is 0 Å². The van der Waals surface area contributed by atoms with Gasteiger partial charge in [0.25, 0.3) is 0 Å². The largest absolute Gasteiger partial charge is 0.453 e. The van der Waals surface area contributed by atoms with Crippen LogP contribution in [-0.4, -0.2) is 12.9 Å². The first-order chi connectivity index (χ1) is 8.60. The molecule has 0 aliphatic rings. The van der Waals surface area contributed by atoms with Crippen molar-refractivity contribution < 1.29 is 22.7 Å². The molecule has 1 heterocycles. The van der Waals surface area contributed by atoms with E-state index in [2.05, 4.69) is 4.74 Å². The Morgan fingerprint density at radius 2 is 2.06 bits per heavy atom. The van der Waals surface area contributed by atoms with Gasteiger partial charge in [-0.25, -0.2) is 0 Å². The van der Waals surface area contributed by atoms with Crippen molar-refractivity contribution in [3.8, 4) is 17.1 Å². The molecule has 0 aliphatic heterocycles. The molecule has 5 heteroatoms. The number of hydrogen-bond acceptors (Lipinski definition) is 3. The van der Waals surface area contributed by atoms with E-state index in [1.807, 2.05) is 0 Å². The molecule has 0 saturated heterocycles. The van der Waals surface area contributed by atoms with E-state index in [-0.39, 0.29) is 11.5 Å². The highest BCUT2D eigenvalue weighted by molar-refractivity contribution is 5.74. The average molecular weight is 252 g/mol. The minimum absolute atomic E-state index is 0.0248. The van der Waals surface area contributed by atoms with Crippen LogP contribution in [0, 0.1) is 6.92 Å². The smallest absolute Gasteiger partial charge is 0.387 e. The van der Waals surface area contributed by atoms with E-state index in [4.69, 9.17) is 4.42 Å². The fraction of sp³-hybridized carbons (Fsp3) is 0.154. The molecule has 0 unspecified atom stereocenters. The molecule has 0 atom stereocenters. The van der Waals surface area contributed by atoms with Crippen molar-refractivity contribution in [3.63, 3.8) is 0 Å². The number of halogens is 2. The fourth-order valence-corrected chi connectivity index (χ4v) is 1.59. The molecule has 0 fully saturated rings. The monoisotopic (exact) mass is 252 g/mol. The summed E-state index contributed by atoms with van der Waals surface area (Å²) in [5, 5.41) is 0. The summed E-state index contributed by atoms with van der Waals surface area (Å²) in [6, 6.07) is 7.85. The Labute approximate surface area is 102 Å². The zero-order chi connectivity index (χ0) is 13.1. The van der Waals surface area contributed by atoms with Gasteiger partial charge in [0.05, 0.1) is 5.56 Å². The number of benzene rings is 1. The molecule has 2 rings (SSSR count). The van der Waals surface area contributed by atoms with Crippen LogP contribution in [-0.2, 0) is 0 Å². The summed E-state index contributed by atoms with van der Waals surface area (Å²) in [6.45, 7) is -1.15. The van der Waals surface area contributed by atoms with Gasteiger partial charge in [0.15, 0.2) is 12.0 Å². The first-order valence-electron chi connectivity index (χ1n) is 5.21. The molecule has 94 valence electrons. The minimum atomic E-state index is -2.91. The maximum Gasteiger partial charge on any atom is 0.387 e. The number of ether oxygens (including phenoxy) is 1. The van der Waals surface area contributed by atoms with Gasteiger partial charge in [0.1, 0.15) is 11.5 Å². The number of furan rings is 1. The summed E-state index contributed by atoms with van der Waals surface area (Å²) in [6.07, 6.45) is 0.547. The van der Waals surface area contributed by atoms with Crippen LogP contribution in [0.5, 0.6) is 5.75 Å². The van der Waals surface area contributed by atoms with Gasteiger partial charge in [0, 0.05) is 0 Å². The highest BCUT2D eigenvalue weighted by atomic mass is 19.3.